The Kier molecular flexibility index (Phi) is 4.20. The number of carbonyl (C=O) groups is 1. The van der Waals surface area contributed by atoms with E-state index in [1.807, 2.05) is 13.0 Å². The van der Waals surface area contributed by atoms with Crippen LogP contribution in [0.25, 0.3) is 0 Å². The molecule has 1 N–H and O–H groups in total. The fraction of sp³-hybridized carbons (Fsp3) is 0.533. The first-order chi connectivity index (χ1) is 9.02. The van der Waals surface area contributed by atoms with Gasteiger partial charge >= 0.3 is 0 Å². The van der Waals surface area contributed by atoms with Gasteiger partial charge in [0, 0.05) is 6.54 Å². The summed E-state index contributed by atoms with van der Waals surface area (Å²) in [6.45, 7) is 6.77. The Hall–Kier alpha value is -1.42. The predicted molar refractivity (Wildman–Crippen MR) is 72.9 cm³/mol. The summed E-state index contributed by atoms with van der Waals surface area (Å²) in [5, 5.41) is 3.33. The van der Waals surface area contributed by atoms with Crippen molar-refractivity contribution in [3.05, 3.63) is 35.6 Å². The normalized spacial score (nSPS) is 23.4. The Morgan fingerprint density at radius 3 is 2.74 bits per heavy atom. The van der Waals surface area contributed by atoms with E-state index in [9.17, 15) is 9.18 Å². The van der Waals surface area contributed by atoms with Crippen LogP contribution in [-0.4, -0.2) is 23.4 Å². The molecule has 4 heteroatoms. The highest BCUT2D eigenvalue weighted by Gasteiger charge is 2.38. The zero-order valence-electron chi connectivity index (χ0n) is 11.7. The molecule has 0 aliphatic carbocycles. The predicted octanol–water partition coefficient (Wildman–Crippen LogP) is 2.69. The summed E-state index contributed by atoms with van der Waals surface area (Å²) in [6, 6.07) is 6.29. The second kappa shape index (κ2) is 5.70. The summed E-state index contributed by atoms with van der Waals surface area (Å²) in [4.78, 5) is 14.1. The van der Waals surface area contributed by atoms with Gasteiger partial charge in [0.05, 0.1) is 6.04 Å². The SMILES string of the molecule is CCN1C(=O)C(CC(C)C)NC1c1cccc(F)c1. The molecule has 19 heavy (non-hydrogen) atoms. The molecule has 1 heterocycles. The Bertz CT molecular complexity index is 461. The molecule has 104 valence electrons. The third-order valence-electron chi connectivity index (χ3n) is 3.46. The molecule has 1 saturated heterocycles. The van der Waals surface area contributed by atoms with Crippen molar-refractivity contribution in [3.8, 4) is 0 Å². The molecule has 0 spiro atoms. The first kappa shape index (κ1) is 14.0. The molecule has 2 unspecified atom stereocenters. The average Bonchev–Trinajstić information content (AvgIpc) is 2.65. The van der Waals surface area contributed by atoms with E-state index in [1.54, 1.807) is 11.0 Å². The number of carbonyl (C=O) groups excluding carboxylic acids is 1. The van der Waals surface area contributed by atoms with Gasteiger partial charge in [-0.05, 0) is 37.0 Å². The second-order valence-electron chi connectivity index (χ2n) is 5.43. The van der Waals surface area contributed by atoms with Crippen LogP contribution >= 0.6 is 0 Å². The van der Waals surface area contributed by atoms with Crippen molar-refractivity contribution in [2.24, 2.45) is 5.92 Å². The fourth-order valence-electron chi connectivity index (χ4n) is 2.61. The molecular weight excluding hydrogens is 243 g/mol. The summed E-state index contributed by atoms with van der Waals surface area (Å²) < 4.78 is 13.3. The summed E-state index contributed by atoms with van der Waals surface area (Å²) >= 11 is 0. The quantitative estimate of drug-likeness (QED) is 0.907. The van der Waals surface area contributed by atoms with Crippen LogP contribution in [0, 0.1) is 11.7 Å². The van der Waals surface area contributed by atoms with E-state index in [0.29, 0.717) is 12.5 Å². The van der Waals surface area contributed by atoms with Crippen molar-refractivity contribution in [3.63, 3.8) is 0 Å². The van der Waals surface area contributed by atoms with Gasteiger partial charge in [-0.3, -0.25) is 10.1 Å². The lowest BCUT2D eigenvalue weighted by molar-refractivity contribution is -0.130. The Labute approximate surface area is 113 Å². The molecule has 0 saturated carbocycles. The Balaban J connectivity index is 2.23. The zero-order valence-corrected chi connectivity index (χ0v) is 11.7. The van der Waals surface area contributed by atoms with Crippen LogP contribution in [0.1, 0.15) is 38.9 Å². The average molecular weight is 264 g/mol. The molecular formula is C15H21FN2O. The highest BCUT2D eigenvalue weighted by atomic mass is 19.1. The van der Waals surface area contributed by atoms with Crippen LogP contribution in [-0.2, 0) is 4.79 Å². The number of hydrogen-bond acceptors (Lipinski definition) is 2. The highest BCUT2D eigenvalue weighted by molar-refractivity contribution is 5.84. The fourth-order valence-corrected chi connectivity index (χ4v) is 2.61. The number of benzene rings is 1. The molecule has 0 bridgehead atoms. The Morgan fingerprint density at radius 2 is 2.16 bits per heavy atom. The van der Waals surface area contributed by atoms with E-state index in [4.69, 9.17) is 0 Å². The maximum Gasteiger partial charge on any atom is 0.241 e. The number of likely N-dealkylation sites (N-methyl/N-ethyl adjacent to an activating group) is 1. The van der Waals surface area contributed by atoms with Gasteiger partial charge in [0.1, 0.15) is 12.0 Å². The van der Waals surface area contributed by atoms with Gasteiger partial charge < -0.3 is 4.90 Å². The van der Waals surface area contributed by atoms with Crippen molar-refractivity contribution in [2.75, 3.05) is 6.54 Å². The van der Waals surface area contributed by atoms with Crippen LogP contribution in [0.15, 0.2) is 24.3 Å². The minimum Gasteiger partial charge on any atom is -0.322 e. The molecule has 0 aromatic heterocycles. The van der Waals surface area contributed by atoms with Crippen molar-refractivity contribution in [1.82, 2.24) is 10.2 Å². The van der Waals surface area contributed by atoms with Gasteiger partial charge in [-0.1, -0.05) is 26.0 Å². The molecule has 2 rings (SSSR count). The van der Waals surface area contributed by atoms with Crippen LogP contribution in [0.4, 0.5) is 4.39 Å². The third kappa shape index (κ3) is 2.95. The van der Waals surface area contributed by atoms with E-state index in [0.717, 1.165) is 12.0 Å². The molecule has 1 amide bonds. The smallest absolute Gasteiger partial charge is 0.241 e. The third-order valence-corrected chi connectivity index (χ3v) is 3.46. The van der Waals surface area contributed by atoms with Crippen LogP contribution in [0.5, 0.6) is 0 Å². The zero-order chi connectivity index (χ0) is 14.0. The van der Waals surface area contributed by atoms with Crippen LogP contribution in [0.2, 0.25) is 0 Å². The molecule has 1 aromatic carbocycles. The van der Waals surface area contributed by atoms with Gasteiger partial charge in [0.2, 0.25) is 5.91 Å². The summed E-state index contributed by atoms with van der Waals surface area (Å²) in [7, 11) is 0. The first-order valence-electron chi connectivity index (χ1n) is 6.85. The van der Waals surface area contributed by atoms with E-state index in [1.165, 1.54) is 12.1 Å². The van der Waals surface area contributed by atoms with Gasteiger partial charge in [-0.2, -0.15) is 0 Å². The number of nitrogens with zero attached hydrogens (tertiary/aromatic N) is 1. The van der Waals surface area contributed by atoms with E-state index in [-0.39, 0.29) is 23.9 Å². The van der Waals surface area contributed by atoms with Crippen molar-refractivity contribution in [2.45, 2.75) is 39.4 Å². The van der Waals surface area contributed by atoms with Gasteiger partial charge in [-0.25, -0.2) is 4.39 Å². The largest absolute Gasteiger partial charge is 0.322 e. The Morgan fingerprint density at radius 1 is 1.42 bits per heavy atom. The maximum atomic E-state index is 13.3. The summed E-state index contributed by atoms with van der Waals surface area (Å²) in [5.41, 5.74) is 0.807. The molecule has 1 fully saturated rings. The van der Waals surface area contributed by atoms with Crippen molar-refractivity contribution >= 4 is 5.91 Å². The monoisotopic (exact) mass is 264 g/mol. The second-order valence-corrected chi connectivity index (χ2v) is 5.43. The minimum absolute atomic E-state index is 0.116. The molecule has 2 atom stereocenters. The number of halogens is 1. The van der Waals surface area contributed by atoms with E-state index < -0.39 is 0 Å². The van der Waals surface area contributed by atoms with Crippen molar-refractivity contribution in [1.29, 1.82) is 0 Å². The minimum atomic E-state index is -0.268. The number of nitrogens with one attached hydrogen (secondary N) is 1. The number of amides is 1. The molecule has 0 radical (unpaired) electrons. The molecule has 1 aliphatic heterocycles. The van der Waals surface area contributed by atoms with Crippen molar-refractivity contribution < 1.29 is 9.18 Å². The number of hydrogen-bond donors (Lipinski definition) is 1. The summed E-state index contributed by atoms with van der Waals surface area (Å²) in [5.74, 6) is 0.298. The first-order valence-corrected chi connectivity index (χ1v) is 6.85. The van der Waals surface area contributed by atoms with Gasteiger partial charge in [-0.15, -0.1) is 0 Å². The van der Waals surface area contributed by atoms with Gasteiger partial charge in [0.25, 0.3) is 0 Å². The van der Waals surface area contributed by atoms with Crippen LogP contribution in [0.3, 0.4) is 0 Å². The topological polar surface area (TPSA) is 32.3 Å². The summed E-state index contributed by atoms with van der Waals surface area (Å²) in [6.07, 6.45) is 0.596. The van der Waals surface area contributed by atoms with Gasteiger partial charge in [0.15, 0.2) is 0 Å². The van der Waals surface area contributed by atoms with E-state index >= 15 is 0 Å². The molecule has 1 aliphatic rings. The molecule has 3 nitrogen and oxygen atoms in total. The lowest BCUT2D eigenvalue weighted by atomic mass is 10.0. The lowest BCUT2D eigenvalue weighted by Crippen LogP contribution is -2.31. The maximum absolute atomic E-state index is 13.3. The lowest BCUT2D eigenvalue weighted by Gasteiger charge is -2.22. The van der Waals surface area contributed by atoms with E-state index in [2.05, 4.69) is 19.2 Å². The highest BCUT2D eigenvalue weighted by Crippen LogP contribution is 2.27. The molecule has 1 aromatic rings. The van der Waals surface area contributed by atoms with Crippen LogP contribution < -0.4 is 5.32 Å². The standard InChI is InChI=1S/C15H21FN2O/c1-4-18-14(11-6-5-7-12(16)9-11)17-13(15(18)19)8-10(2)3/h5-7,9-10,13-14,17H,4,8H2,1-3H3. The number of rotatable bonds is 4.